The van der Waals surface area contributed by atoms with Crippen LogP contribution in [0, 0.1) is 5.92 Å². The van der Waals surface area contributed by atoms with Gasteiger partial charge in [0.05, 0.1) is 5.75 Å². The second-order valence-electron chi connectivity index (χ2n) is 4.98. The molecule has 0 saturated heterocycles. The molecule has 1 aliphatic carbocycles. The molecule has 1 N–H and O–H groups in total. The maximum Gasteiger partial charge on any atom is 0.148 e. The molecule has 2 unspecified atom stereocenters. The summed E-state index contributed by atoms with van der Waals surface area (Å²) in [6.45, 7) is 1.65. The molecule has 96 valence electrons. The molecule has 0 bridgehead atoms. The first-order valence-electron chi connectivity index (χ1n) is 5.96. The van der Waals surface area contributed by atoms with Gasteiger partial charge in [-0.1, -0.05) is 6.42 Å². The fourth-order valence-electron chi connectivity index (χ4n) is 2.45. The van der Waals surface area contributed by atoms with Gasteiger partial charge in [0.2, 0.25) is 0 Å². The molecule has 0 aromatic heterocycles. The molecule has 2 atom stereocenters. The molecule has 1 rings (SSSR count). The predicted molar refractivity (Wildman–Crippen MR) is 67.4 cm³/mol. The fourth-order valence-corrected chi connectivity index (χ4v) is 3.09. The summed E-state index contributed by atoms with van der Waals surface area (Å²) in [5, 5.41) is 3.35. The van der Waals surface area contributed by atoms with E-state index in [-0.39, 0.29) is 5.75 Å². The zero-order chi connectivity index (χ0) is 12.2. The van der Waals surface area contributed by atoms with E-state index < -0.39 is 9.84 Å². The lowest BCUT2D eigenvalue weighted by atomic mass is 10.0. The number of rotatable bonds is 6. The average Bonchev–Trinajstić information content (AvgIpc) is 2.61. The third-order valence-corrected chi connectivity index (χ3v) is 4.34. The second kappa shape index (κ2) is 5.98. The summed E-state index contributed by atoms with van der Waals surface area (Å²) < 4.78 is 22.1. The van der Waals surface area contributed by atoms with E-state index in [0.29, 0.717) is 18.5 Å². The van der Waals surface area contributed by atoms with Gasteiger partial charge in [-0.15, -0.1) is 0 Å². The first-order chi connectivity index (χ1) is 7.42. The van der Waals surface area contributed by atoms with Gasteiger partial charge in [0.25, 0.3) is 0 Å². The van der Waals surface area contributed by atoms with Crippen LogP contribution in [0.4, 0.5) is 0 Å². The molecule has 0 heterocycles. The van der Waals surface area contributed by atoms with Crippen molar-refractivity contribution in [2.24, 2.45) is 5.92 Å². The van der Waals surface area contributed by atoms with Gasteiger partial charge in [-0.05, 0) is 32.9 Å². The number of nitrogens with one attached hydrogen (secondary N) is 1. The Kier molecular flexibility index (Phi) is 5.21. The number of sulfone groups is 1. The van der Waals surface area contributed by atoms with Gasteiger partial charge in [0, 0.05) is 25.4 Å². The van der Waals surface area contributed by atoms with E-state index in [0.717, 1.165) is 6.54 Å². The Morgan fingerprint density at radius 2 is 2.06 bits per heavy atom. The van der Waals surface area contributed by atoms with Gasteiger partial charge in [-0.2, -0.15) is 0 Å². The van der Waals surface area contributed by atoms with Crippen molar-refractivity contribution in [1.82, 2.24) is 10.2 Å². The third-order valence-electron chi connectivity index (χ3n) is 3.42. The zero-order valence-corrected chi connectivity index (χ0v) is 11.4. The Bertz CT molecular complexity index is 303. The summed E-state index contributed by atoms with van der Waals surface area (Å²) in [5.41, 5.74) is 0. The molecule has 0 spiro atoms. The largest absolute Gasteiger partial charge is 0.317 e. The van der Waals surface area contributed by atoms with Crippen molar-refractivity contribution in [2.75, 3.05) is 39.2 Å². The minimum atomic E-state index is -2.83. The first-order valence-corrected chi connectivity index (χ1v) is 8.02. The van der Waals surface area contributed by atoms with Crippen molar-refractivity contribution in [2.45, 2.75) is 25.3 Å². The van der Waals surface area contributed by atoms with Crippen LogP contribution in [0.3, 0.4) is 0 Å². The van der Waals surface area contributed by atoms with E-state index in [2.05, 4.69) is 10.2 Å². The Balaban J connectivity index is 2.31. The van der Waals surface area contributed by atoms with E-state index in [1.165, 1.54) is 25.5 Å². The lowest BCUT2D eigenvalue weighted by Gasteiger charge is -2.25. The van der Waals surface area contributed by atoms with Gasteiger partial charge in [-0.25, -0.2) is 8.42 Å². The van der Waals surface area contributed by atoms with Gasteiger partial charge in [-0.3, -0.25) is 0 Å². The van der Waals surface area contributed by atoms with Crippen molar-refractivity contribution in [3.05, 3.63) is 0 Å². The molecule has 1 aliphatic rings. The SMILES string of the molecule is CNC1CCCC1CN(C)CCS(C)(=O)=O. The van der Waals surface area contributed by atoms with E-state index in [1.807, 2.05) is 14.1 Å². The number of hydrogen-bond acceptors (Lipinski definition) is 4. The molecule has 0 aliphatic heterocycles. The molecule has 1 fully saturated rings. The standard InChI is InChI=1S/C11H24N2O2S/c1-12-11-6-4-5-10(11)9-13(2)7-8-16(3,14)15/h10-12H,4-9H2,1-3H3. The third kappa shape index (κ3) is 4.80. The summed E-state index contributed by atoms with van der Waals surface area (Å²) in [6, 6.07) is 0.612. The van der Waals surface area contributed by atoms with Crippen LogP contribution < -0.4 is 5.32 Å². The number of nitrogens with zero attached hydrogens (tertiary/aromatic N) is 1. The normalized spacial score (nSPS) is 26.5. The number of hydrogen-bond donors (Lipinski definition) is 1. The Hall–Kier alpha value is -0.130. The van der Waals surface area contributed by atoms with Crippen LogP contribution in [0.2, 0.25) is 0 Å². The maximum absolute atomic E-state index is 11.1. The molecule has 4 nitrogen and oxygen atoms in total. The molecule has 0 amide bonds. The molecule has 0 aromatic rings. The topological polar surface area (TPSA) is 49.4 Å². The molecular weight excluding hydrogens is 224 g/mol. The average molecular weight is 248 g/mol. The molecule has 16 heavy (non-hydrogen) atoms. The molecule has 0 aromatic carbocycles. The Morgan fingerprint density at radius 1 is 1.38 bits per heavy atom. The minimum Gasteiger partial charge on any atom is -0.317 e. The zero-order valence-electron chi connectivity index (χ0n) is 10.6. The van der Waals surface area contributed by atoms with Crippen LogP contribution in [0.25, 0.3) is 0 Å². The molecule has 0 radical (unpaired) electrons. The lowest BCUT2D eigenvalue weighted by Crippen LogP contribution is -2.37. The van der Waals surface area contributed by atoms with E-state index in [4.69, 9.17) is 0 Å². The highest BCUT2D eigenvalue weighted by Gasteiger charge is 2.26. The summed E-state index contributed by atoms with van der Waals surface area (Å²) in [6.07, 6.45) is 5.10. The highest BCUT2D eigenvalue weighted by molar-refractivity contribution is 7.90. The quantitative estimate of drug-likeness (QED) is 0.737. The van der Waals surface area contributed by atoms with Crippen LogP contribution in [-0.2, 0) is 9.84 Å². The molecule has 5 heteroatoms. The first kappa shape index (κ1) is 13.9. The monoisotopic (exact) mass is 248 g/mol. The smallest absolute Gasteiger partial charge is 0.148 e. The van der Waals surface area contributed by atoms with Gasteiger partial charge in [0.15, 0.2) is 0 Å². The van der Waals surface area contributed by atoms with Crippen LogP contribution >= 0.6 is 0 Å². The second-order valence-corrected chi connectivity index (χ2v) is 7.24. The molecule has 1 saturated carbocycles. The van der Waals surface area contributed by atoms with Gasteiger partial charge < -0.3 is 10.2 Å². The van der Waals surface area contributed by atoms with Crippen LogP contribution in [-0.4, -0.2) is 58.6 Å². The van der Waals surface area contributed by atoms with E-state index >= 15 is 0 Å². The van der Waals surface area contributed by atoms with Crippen molar-refractivity contribution in [3.8, 4) is 0 Å². The van der Waals surface area contributed by atoms with Gasteiger partial charge in [0.1, 0.15) is 9.84 Å². The fraction of sp³-hybridized carbons (Fsp3) is 1.00. The van der Waals surface area contributed by atoms with Crippen LogP contribution in [0.5, 0.6) is 0 Å². The summed E-state index contributed by atoms with van der Waals surface area (Å²) in [5.74, 6) is 0.940. The van der Waals surface area contributed by atoms with Crippen molar-refractivity contribution < 1.29 is 8.42 Å². The van der Waals surface area contributed by atoms with E-state index in [9.17, 15) is 8.42 Å². The van der Waals surface area contributed by atoms with Crippen molar-refractivity contribution in [3.63, 3.8) is 0 Å². The Morgan fingerprint density at radius 3 is 2.62 bits per heavy atom. The van der Waals surface area contributed by atoms with Crippen molar-refractivity contribution >= 4 is 9.84 Å². The Labute approximate surface area is 99.3 Å². The highest BCUT2D eigenvalue weighted by atomic mass is 32.2. The van der Waals surface area contributed by atoms with Gasteiger partial charge >= 0.3 is 0 Å². The molecular formula is C11H24N2O2S. The maximum atomic E-state index is 11.1. The van der Waals surface area contributed by atoms with Crippen LogP contribution in [0.1, 0.15) is 19.3 Å². The summed E-state index contributed by atoms with van der Waals surface area (Å²) >= 11 is 0. The lowest BCUT2D eigenvalue weighted by molar-refractivity contribution is 0.266. The van der Waals surface area contributed by atoms with Crippen LogP contribution in [0.15, 0.2) is 0 Å². The predicted octanol–water partition coefficient (Wildman–Crippen LogP) is 0.351. The van der Waals surface area contributed by atoms with Crippen molar-refractivity contribution in [1.29, 1.82) is 0 Å². The van der Waals surface area contributed by atoms with E-state index in [1.54, 1.807) is 0 Å². The summed E-state index contributed by atoms with van der Waals surface area (Å²) in [7, 11) is 1.19. The highest BCUT2D eigenvalue weighted by Crippen LogP contribution is 2.25. The minimum absolute atomic E-state index is 0.264. The summed E-state index contributed by atoms with van der Waals surface area (Å²) in [4.78, 5) is 2.14.